The van der Waals surface area contributed by atoms with Crippen LogP contribution < -0.4 is 14.8 Å². The number of aromatic nitrogens is 2. The highest BCUT2D eigenvalue weighted by Crippen LogP contribution is 2.35. The van der Waals surface area contributed by atoms with Crippen LogP contribution in [0.2, 0.25) is 0 Å². The number of benzene rings is 1. The minimum absolute atomic E-state index is 0. The van der Waals surface area contributed by atoms with Crippen molar-refractivity contribution >= 4 is 40.8 Å². The Morgan fingerprint density at radius 3 is 2.52 bits per heavy atom. The largest absolute Gasteiger partial charge is 0.497 e. The number of hydrogen-bond acceptors (Lipinski definition) is 7. The third kappa shape index (κ3) is 4.86. The van der Waals surface area contributed by atoms with E-state index in [0.717, 1.165) is 5.69 Å². The van der Waals surface area contributed by atoms with Crippen molar-refractivity contribution in [2.24, 2.45) is 0 Å². The molecule has 7 nitrogen and oxygen atoms in total. The average Bonchev–Trinajstić information content (AvgIpc) is 2.67. The number of pyridine rings is 2. The van der Waals surface area contributed by atoms with E-state index < -0.39 is 5.97 Å². The van der Waals surface area contributed by atoms with Crippen LogP contribution >= 0.6 is 12.4 Å². The van der Waals surface area contributed by atoms with E-state index in [0.29, 0.717) is 39.5 Å². The van der Waals surface area contributed by atoms with Gasteiger partial charge in [-0.25, -0.2) is 14.8 Å². The Morgan fingerprint density at radius 1 is 1.10 bits per heavy atom. The molecule has 1 N–H and O–H groups in total. The van der Waals surface area contributed by atoms with Crippen molar-refractivity contribution in [2.45, 2.75) is 26.9 Å². The molecule has 0 radical (unpaired) electrons. The van der Waals surface area contributed by atoms with Gasteiger partial charge in [0.15, 0.2) is 5.65 Å². The van der Waals surface area contributed by atoms with Gasteiger partial charge in [0.05, 0.1) is 31.7 Å². The van der Waals surface area contributed by atoms with Crippen molar-refractivity contribution in [2.75, 3.05) is 19.5 Å². The molecule has 0 saturated heterocycles. The number of hydrogen-bond donors (Lipinski definition) is 1. The standard InChI is InChI=1S/C21H23N3O4.ClH/c1-12(2)28-21(25)16-11-22-20-15(8-6-13(3)23-20)19(16)24-17-9-7-14(26-4)10-18(17)27-5;/h6-12H,1-5H3,(H,22,23,24);1H. The third-order valence-corrected chi connectivity index (χ3v) is 4.10. The fourth-order valence-electron chi connectivity index (χ4n) is 2.78. The monoisotopic (exact) mass is 417 g/mol. The molecule has 0 aliphatic rings. The maximum atomic E-state index is 12.7. The summed E-state index contributed by atoms with van der Waals surface area (Å²) in [6.07, 6.45) is 1.24. The van der Waals surface area contributed by atoms with Crippen molar-refractivity contribution in [3.05, 3.63) is 47.8 Å². The summed E-state index contributed by atoms with van der Waals surface area (Å²) in [6.45, 7) is 5.50. The number of aryl methyl sites for hydroxylation is 1. The van der Waals surface area contributed by atoms with Crippen LogP contribution in [0.1, 0.15) is 29.9 Å². The number of carbonyl (C=O) groups excluding carboxylic acids is 1. The fourth-order valence-corrected chi connectivity index (χ4v) is 2.78. The zero-order chi connectivity index (χ0) is 20.3. The van der Waals surface area contributed by atoms with Crippen LogP contribution in [0.25, 0.3) is 11.0 Å². The van der Waals surface area contributed by atoms with Crippen LogP contribution in [-0.4, -0.2) is 36.3 Å². The van der Waals surface area contributed by atoms with Crippen LogP contribution in [0.3, 0.4) is 0 Å². The van der Waals surface area contributed by atoms with E-state index in [1.807, 2.05) is 31.2 Å². The first kappa shape index (κ1) is 22.2. The van der Waals surface area contributed by atoms with Crippen molar-refractivity contribution < 1.29 is 19.0 Å². The molecule has 3 aromatic rings. The van der Waals surface area contributed by atoms with E-state index in [2.05, 4.69) is 15.3 Å². The summed E-state index contributed by atoms with van der Waals surface area (Å²) in [7, 11) is 3.16. The smallest absolute Gasteiger partial charge is 0.342 e. The van der Waals surface area contributed by atoms with Gasteiger partial charge in [-0.2, -0.15) is 0 Å². The van der Waals surface area contributed by atoms with Crippen molar-refractivity contribution in [3.63, 3.8) is 0 Å². The van der Waals surface area contributed by atoms with Gasteiger partial charge < -0.3 is 19.5 Å². The highest BCUT2D eigenvalue weighted by Gasteiger charge is 2.20. The number of fused-ring (bicyclic) bond motifs is 1. The number of nitrogens with zero attached hydrogens (tertiary/aromatic N) is 2. The normalized spacial score (nSPS) is 10.4. The number of nitrogens with one attached hydrogen (secondary N) is 1. The van der Waals surface area contributed by atoms with Gasteiger partial charge in [-0.1, -0.05) is 0 Å². The lowest BCUT2D eigenvalue weighted by molar-refractivity contribution is 0.0379. The third-order valence-electron chi connectivity index (χ3n) is 4.10. The van der Waals surface area contributed by atoms with Crippen LogP contribution in [0.5, 0.6) is 11.5 Å². The van der Waals surface area contributed by atoms with Gasteiger partial charge in [0, 0.05) is 23.3 Å². The first-order valence-corrected chi connectivity index (χ1v) is 8.89. The lowest BCUT2D eigenvalue weighted by Crippen LogP contribution is -2.14. The number of ether oxygens (including phenoxy) is 3. The van der Waals surface area contributed by atoms with Crippen LogP contribution in [0.15, 0.2) is 36.5 Å². The summed E-state index contributed by atoms with van der Waals surface area (Å²) in [5.74, 6) is 0.784. The Labute approximate surface area is 175 Å². The van der Waals surface area contributed by atoms with Gasteiger partial charge >= 0.3 is 5.97 Å². The highest BCUT2D eigenvalue weighted by atomic mass is 35.5. The number of carbonyl (C=O) groups is 1. The summed E-state index contributed by atoms with van der Waals surface area (Å²) in [5.41, 5.74) is 2.94. The topological polar surface area (TPSA) is 82.6 Å². The molecule has 2 heterocycles. The summed E-state index contributed by atoms with van der Waals surface area (Å²) in [4.78, 5) is 21.5. The lowest BCUT2D eigenvalue weighted by Gasteiger charge is -2.17. The summed E-state index contributed by atoms with van der Waals surface area (Å²) in [6, 6.07) is 9.15. The van der Waals surface area contributed by atoms with Gasteiger partial charge in [-0.15, -0.1) is 12.4 Å². The molecule has 0 fully saturated rings. The first-order valence-electron chi connectivity index (χ1n) is 8.89. The number of halogens is 1. The molecule has 0 unspecified atom stereocenters. The molecule has 2 aromatic heterocycles. The van der Waals surface area contributed by atoms with Gasteiger partial charge in [-0.3, -0.25) is 0 Å². The Hall–Kier alpha value is -3.06. The Balaban J connectivity index is 0.00000300. The average molecular weight is 418 g/mol. The van der Waals surface area contributed by atoms with Crippen molar-refractivity contribution in [3.8, 4) is 11.5 Å². The molecule has 0 atom stereocenters. The second-order valence-corrected chi connectivity index (χ2v) is 6.52. The van der Waals surface area contributed by atoms with Gasteiger partial charge in [-0.05, 0) is 45.0 Å². The minimum Gasteiger partial charge on any atom is -0.497 e. The minimum atomic E-state index is -0.458. The molecule has 1 aromatic carbocycles. The van der Waals surface area contributed by atoms with E-state index in [1.54, 1.807) is 34.1 Å². The molecule has 0 saturated carbocycles. The SMILES string of the molecule is COc1ccc(Nc2c(C(=O)OC(C)C)cnc3nc(C)ccc23)c(OC)c1.Cl. The first-order chi connectivity index (χ1) is 13.4. The second kappa shape index (κ2) is 9.43. The summed E-state index contributed by atoms with van der Waals surface area (Å²) < 4.78 is 16.1. The van der Waals surface area contributed by atoms with Gasteiger partial charge in [0.1, 0.15) is 17.1 Å². The Kier molecular flexibility index (Phi) is 7.23. The van der Waals surface area contributed by atoms with E-state index in [4.69, 9.17) is 14.2 Å². The number of anilines is 2. The molecule has 0 bridgehead atoms. The van der Waals surface area contributed by atoms with E-state index in [1.165, 1.54) is 6.20 Å². The zero-order valence-electron chi connectivity index (χ0n) is 17.0. The molecule has 0 spiro atoms. The fraction of sp³-hybridized carbons (Fsp3) is 0.286. The predicted molar refractivity (Wildman–Crippen MR) is 115 cm³/mol. The second-order valence-electron chi connectivity index (χ2n) is 6.52. The molecule has 8 heteroatoms. The summed E-state index contributed by atoms with van der Waals surface area (Å²) in [5, 5.41) is 4.01. The lowest BCUT2D eigenvalue weighted by atomic mass is 10.1. The van der Waals surface area contributed by atoms with E-state index >= 15 is 0 Å². The van der Waals surface area contributed by atoms with E-state index in [-0.39, 0.29) is 18.5 Å². The quantitative estimate of drug-likeness (QED) is 0.582. The Morgan fingerprint density at radius 2 is 1.86 bits per heavy atom. The molecule has 3 rings (SSSR count). The number of methoxy groups -OCH3 is 2. The van der Waals surface area contributed by atoms with E-state index in [9.17, 15) is 4.79 Å². The van der Waals surface area contributed by atoms with Gasteiger partial charge in [0.25, 0.3) is 0 Å². The van der Waals surface area contributed by atoms with Crippen LogP contribution in [0, 0.1) is 6.92 Å². The Bertz CT molecular complexity index is 1020. The molecule has 0 aliphatic carbocycles. The molecular formula is C21H24ClN3O4. The van der Waals surface area contributed by atoms with Crippen molar-refractivity contribution in [1.29, 1.82) is 0 Å². The van der Waals surface area contributed by atoms with Crippen LogP contribution in [0.4, 0.5) is 11.4 Å². The summed E-state index contributed by atoms with van der Waals surface area (Å²) >= 11 is 0. The zero-order valence-corrected chi connectivity index (χ0v) is 17.8. The number of rotatable bonds is 6. The maximum absolute atomic E-state index is 12.7. The number of esters is 1. The highest BCUT2D eigenvalue weighted by molar-refractivity contribution is 6.05. The van der Waals surface area contributed by atoms with Crippen LogP contribution in [-0.2, 0) is 4.74 Å². The van der Waals surface area contributed by atoms with Gasteiger partial charge in [0.2, 0.25) is 0 Å². The predicted octanol–water partition coefficient (Wildman–Crippen LogP) is 4.69. The molecule has 0 aliphatic heterocycles. The molecular weight excluding hydrogens is 394 g/mol. The van der Waals surface area contributed by atoms with Crippen molar-refractivity contribution in [1.82, 2.24) is 9.97 Å². The molecule has 0 amide bonds. The maximum Gasteiger partial charge on any atom is 0.342 e. The molecule has 154 valence electrons. The molecule has 29 heavy (non-hydrogen) atoms.